The molecule has 0 spiro atoms. The van der Waals surface area contributed by atoms with Gasteiger partial charge in [0.05, 0.1) is 6.33 Å². The monoisotopic (exact) mass is 359 g/mol. The predicted octanol–water partition coefficient (Wildman–Crippen LogP) is 1.68. The third-order valence-corrected chi connectivity index (χ3v) is 5.66. The number of anilines is 2. The van der Waals surface area contributed by atoms with E-state index in [2.05, 4.69) is 15.2 Å². The largest absolute Gasteiger partial charge is 0.371 e. The van der Waals surface area contributed by atoms with E-state index < -0.39 is 0 Å². The summed E-state index contributed by atoms with van der Waals surface area (Å²) in [6.45, 7) is 4.88. The lowest BCUT2D eigenvalue weighted by Crippen LogP contribution is -2.33. The Labute approximate surface area is 149 Å². The van der Waals surface area contributed by atoms with E-state index >= 15 is 0 Å². The van der Waals surface area contributed by atoms with Crippen molar-refractivity contribution >= 4 is 49.6 Å². The third kappa shape index (κ3) is 2.68. The van der Waals surface area contributed by atoms with Crippen LogP contribution in [0.4, 0.5) is 10.9 Å². The molecule has 4 rings (SSSR count). The van der Waals surface area contributed by atoms with E-state index in [0.717, 1.165) is 64.9 Å². The van der Waals surface area contributed by atoms with Crippen molar-refractivity contribution in [3.63, 3.8) is 0 Å². The fourth-order valence-corrected chi connectivity index (χ4v) is 4.30. The number of hydrogen-bond acceptors (Lipinski definition) is 7. The number of imidazole rings is 1. The van der Waals surface area contributed by atoms with Gasteiger partial charge in [-0.15, -0.1) is 0 Å². The van der Waals surface area contributed by atoms with Crippen LogP contribution >= 0.6 is 11.3 Å². The Bertz CT molecular complexity index is 947. The molecule has 1 amide bonds. The average molecular weight is 359 g/mol. The van der Waals surface area contributed by atoms with Crippen molar-refractivity contribution in [2.75, 3.05) is 43.4 Å². The van der Waals surface area contributed by atoms with Gasteiger partial charge in [0.2, 0.25) is 5.91 Å². The molecule has 8 nitrogen and oxygen atoms in total. The highest BCUT2D eigenvalue weighted by molar-refractivity contribution is 7.22. The number of fused-ring (bicyclic) bond motifs is 3. The molecule has 3 aromatic rings. The van der Waals surface area contributed by atoms with Gasteiger partial charge >= 0.3 is 0 Å². The SMILES string of the molecule is CNc1nc2sc(N3CCCN(C(C)=O)CC3)nc2c2c1ncn2C. The van der Waals surface area contributed by atoms with Crippen LogP contribution in [0, 0.1) is 0 Å². The average Bonchev–Trinajstić information content (AvgIpc) is 3.08. The number of aryl methyl sites for hydroxylation is 1. The van der Waals surface area contributed by atoms with Gasteiger partial charge in [-0.1, -0.05) is 11.3 Å². The van der Waals surface area contributed by atoms with Crippen molar-refractivity contribution in [2.24, 2.45) is 7.05 Å². The molecule has 1 fully saturated rings. The van der Waals surface area contributed by atoms with E-state index in [0.29, 0.717) is 0 Å². The van der Waals surface area contributed by atoms with E-state index in [-0.39, 0.29) is 5.91 Å². The van der Waals surface area contributed by atoms with Gasteiger partial charge in [-0.25, -0.2) is 15.0 Å². The summed E-state index contributed by atoms with van der Waals surface area (Å²) in [4.78, 5) is 30.7. The Morgan fingerprint density at radius 1 is 1.20 bits per heavy atom. The molecule has 132 valence electrons. The van der Waals surface area contributed by atoms with Crippen LogP contribution < -0.4 is 10.2 Å². The van der Waals surface area contributed by atoms with Crippen LogP contribution in [0.2, 0.25) is 0 Å². The number of thiazole rings is 1. The Hall–Kier alpha value is -2.42. The second-order valence-electron chi connectivity index (χ2n) is 6.26. The molecule has 0 atom stereocenters. The van der Waals surface area contributed by atoms with E-state index in [4.69, 9.17) is 9.97 Å². The normalized spacial score (nSPS) is 15.8. The van der Waals surface area contributed by atoms with Crippen molar-refractivity contribution in [1.29, 1.82) is 0 Å². The van der Waals surface area contributed by atoms with Crippen LogP contribution in [0.3, 0.4) is 0 Å². The maximum Gasteiger partial charge on any atom is 0.219 e. The number of pyridine rings is 1. The minimum Gasteiger partial charge on any atom is -0.371 e. The van der Waals surface area contributed by atoms with E-state index in [1.807, 2.05) is 23.6 Å². The van der Waals surface area contributed by atoms with Crippen LogP contribution in [0.5, 0.6) is 0 Å². The number of aromatic nitrogens is 4. The molecule has 0 bridgehead atoms. The molecule has 0 unspecified atom stereocenters. The van der Waals surface area contributed by atoms with Gasteiger partial charge in [0.1, 0.15) is 21.4 Å². The molecule has 4 heterocycles. The minimum atomic E-state index is 0.142. The third-order valence-electron chi connectivity index (χ3n) is 4.65. The lowest BCUT2D eigenvalue weighted by molar-refractivity contribution is -0.128. The predicted molar refractivity (Wildman–Crippen MR) is 100 cm³/mol. The zero-order valence-electron chi connectivity index (χ0n) is 14.6. The topological polar surface area (TPSA) is 79.2 Å². The molecule has 25 heavy (non-hydrogen) atoms. The van der Waals surface area contributed by atoms with Crippen molar-refractivity contribution in [3.8, 4) is 0 Å². The number of nitrogens with one attached hydrogen (secondary N) is 1. The summed E-state index contributed by atoms with van der Waals surface area (Å²) < 4.78 is 1.99. The molecule has 0 aliphatic carbocycles. The van der Waals surface area contributed by atoms with Crippen LogP contribution in [0.25, 0.3) is 21.4 Å². The number of carbonyl (C=O) groups is 1. The summed E-state index contributed by atoms with van der Waals surface area (Å²) >= 11 is 1.60. The maximum absolute atomic E-state index is 11.6. The van der Waals surface area contributed by atoms with Crippen LogP contribution in [-0.2, 0) is 11.8 Å². The number of amides is 1. The first-order chi connectivity index (χ1) is 12.1. The van der Waals surface area contributed by atoms with Gasteiger partial charge in [0.15, 0.2) is 10.9 Å². The molecule has 1 N–H and O–H groups in total. The smallest absolute Gasteiger partial charge is 0.219 e. The molecule has 1 aliphatic heterocycles. The zero-order chi connectivity index (χ0) is 17.6. The standard InChI is InChI=1S/C16H21N7OS/c1-10(24)22-5-4-6-23(8-7-22)16-19-12-13-11(18-9-21(13)3)14(17-2)20-15(12)25-16/h9H,4-8H2,1-3H3,(H,17,20). The van der Waals surface area contributed by atoms with Crippen molar-refractivity contribution < 1.29 is 4.79 Å². The summed E-state index contributed by atoms with van der Waals surface area (Å²) in [6.07, 6.45) is 2.74. The number of nitrogens with zero attached hydrogens (tertiary/aromatic N) is 6. The quantitative estimate of drug-likeness (QED) is 0.750. The highest BCUT2D eigenvalue weighted by atomic mass is 32.1. The van der Waals surface area contributed by atoms with Crippen LogP contribution in [0.15, 0.2) is 6.33 Å². The Morgan fingerprint density at radius 3 is 2.80 bits per heavy atom. The first-order valence-corrected chi connectivity index (χ1v) is 9.20. The first-order valence-electron chi connectivity index (χ1n) is 8.38. The fourth-order valence-electron chi connectivity index (χ4n) is 3.30. The molecule has 0 aromatic carbocycles. The van der Waals surface area contributed by atoms with E-state index in [1.54, 1.807) is 24.6 Å². The Morgan fingerprint density at radius 2 is 2.04 bits per heavy atom. The summed E-state index contributed by atoms with van der Waals surface area (Å²) in [5, 5.41) is 4.09. The summed E-state index contributed by atoms with van der Waals surface area (Å²) in [5.74, 6) is 0.917. The van der Waals surface area contributed by atoms with Gasteiger partial charge < -0.3 is 19.7 Å². The van der Waals surface area contributed by atoms with Gasteiger partial charge in [-0.05, 0) is 6.42 Å². The van der Waals surface area contributed by atoms with Crippen molar-refractivity contribution in [1.82, 2.24) is 24.4 Å². The molecule has 3 aromatic heterocycles. The summed E-state index contributed by atoms with van der Waals surface area (Å²) in [5.41, 5.74) is 2.73. The maximum atomic E-state index is 11.6. The van der Waals surface area contributed by atoms with Crippen molar-refractivity contribution in [3.05, 3.63) is 6.33 Å². The van der Waals surface area contributed by atoms with Gasteiger partial charge in [0, 0.05) is 47.2 Å². The molecular formula is C16H21N7OS. The number of carbonyl (C=O) groups excluding carboxylic acids is 1. The molecule has 1 saturated heterocycles. The lowest BCUT2D eigenvalue weighted by atomic mass is 10.3. The minimum absolute atomic E-state index is 0.142. The van der Waals surface area contributed by atoms with Gasteiger partial charge in [0.25, 0.3) is 0 Å². The van der Waals surface area contributed by atoms with Crippen LogP contribution in [0.1, 0.15) is 13.3 Å². The molecule has 1 aliphatic rings. The van der Waals surface area contributed by atoms with E-state index in [9.17, 15) is 4.79 Å². The van der Waals surface area contributed by atoms with Crippen LogP contribution in [-0.4, -0.2) is 63.6 Å². The van der Waals surface area contributed by atoms with E-state index in [1.165, 1.54) is 0 Å². The lowest BCUT2D eigenvalue weighted by Gasteiger charge is -2.20. The molecular weight excluding hydrogens is 338 g/mol. The highest BCUT2D eigenvalue weighted by Gasteiger charge is 2.22. The molecule has 0 radical (unpaired) electrons. The Kier molecular flexibility index (Phi) is 3.95. The molecule has 9 heteroatoms. The zero-order valence-corrected chi connectivity index (χ0v) is 15.4. The van der Waals surface area contributed by atoms with Crippen molar-refractivity contribution in [2.45, 2.75) is 13.3 Å². The van der Waals surface area contributed by atoms with Gasteiger partial charge in [-0.3, -0.25) is 4.79 Å². The summed E-state index contributed by atoms with van der Waals surface area (Å²) in [7, 11) is 3.83. The fraction of sp³-hybridized carbons (Fsp3) is 0.500. The van der Waals surface area contributed by atoms with Gasteiger partial charge in [-0.2, -0.15) is 0 Å². The first kappa shape index (κ1) is 16.1. The molecule has 0 saturated carbocycles. The number of hydrogen-bond donors (Lipinski definition) is 1. The number of rotatable bonds is 2. The second-order valence-corrected chi connectivity index (χ2v) is 7.22. The highest BCUT2D eigenvalue weighted by Crippen LogP contribution is 2.34. The Balaban J connectivity index is 1.75. The second kappa shape index (κ2) is 6.14. The summed E-state index contributed by atoms with van der Waals surface area (Å²) in [6, 6.07) is 0.